The highest BCUT2D eigenvalue weighted by Gasteiger charge is 2.23. The number of piperazine rings is 1. The average molecular weight is 395 g/mol. The largest absolute Gasteiger partial charge is 0.336 e. The second-order valence-corrected chi connectivity index (χ2v) is 6.90. The van der Waals surface area contributed by atoms with Crippen LogP contribution < -0.4 is 4.90 Å². The zero-order valence-corrected chi connectivity index (χ0v) is 15.9. The van der Waals surface area contributed by atoms with Gasteiger partial charge in [0, 0.05) is 42.8 Å². The first-order valence-electron chi connectivity index (χ1n) is 9.06. The second kappa shape index (κ2) is 8.27. The first-order chi connectivity index (χ1) is 13.7. The van der Waals surface area contributed by atoms with E-state index in [-0.39, 0.29) is 5.91 Å². The predicted molar refractivity (Wildman–Crippen MR) is 109 cm³/mol. The minimum Gasteiger partial charge on any atom is -0.336 e. The maximum Gasteiger partial charge on any atom is 0.324 e. The molecular weight excluding hydrogens is 376 g/mol. The molecule has 1 aliphatic heterocycles. The monoisotopic (exact) mass is 394 g/mol. The van der Waals surface area contributed by atoms with Crippen molar-refractivity contribution in [3.8, 4) is 11.4 Å². The molecule has 0 saturated carbocycles. The SMILES string of the molecule is O=C(/C=C/c1ccccc1)N1CCN(c2nc(-c3ccc(Cl)cc3)no2)CC1. The van der Waals surface area contributed by atoms with Crippen LogP contribution in [0.3, 0.4) is 0 Å². The first kappa shape index (κ1) is 18.3. The number of benzene rings is 2. The second-order valence-electron chi connectivity index (χ2n) is 6.46. The minimum atomic E-state index is 0.0101. The summed E-state index contributed by atoms with van der Waals surface area (Å²) in [6.45, 7) is 2.51. The van der Waals surface area contributed by atoms with Gasteiger partial charge in [0.25, 0.3) is 0 Å². The summed E-state index contributed by atoms with van der Waals surface area (Å²) in [6.07, 6.45) is 3.46. The highest BCUT2D eigenvalue weighted by Crippen LogP contribution is 2.22. The minimum absolute atomic E-state index is 0.0101. The van der Waals surface area contributed by atoms with Crippen LogP contribution in [0.2, 0.25) is 5.02 Å². The summed E-state index contributed by atoms with van der Waals surface area (Å²) in [5.74, 6) is 0.534. The molecule has 0 bridgehead atoms. The van der Waals surface area contributed by atoms with Gasteiger partial charge >= 0.3 is 6.01 Å². The van der Waals surface area contributed by atoms with Crippen LogP contribution >= 0.6 is 11.6 Å². The van der Waals surface area contributed by atoms with Gasteiger partial charge in [-0.25, -0.2) is 0 Å². The Morgan fingerprint density at radius 1 is 1.00 bits per heavy atom. The Balaban J connectivity index is 1.35. The third-order valence-corrected chi connectivity index (χ3v) is 4.85. The van der Waals surface area contributed by atoms with Crippen molar-refractivity contribution >= 4 is 29.6 Å². The Kier molecular flexibility index (Phi) is 5.39. The topological polar surface area (TPSA) is 62.5 Å². The average Bonchev–Trinajstić information content (AvgIpc) is 3.24. The van der Waals surface area contributed by atoms with E-state index in [0.29, 0.717) is 43.0 Å². The van der Waals surface area contributed by atoms with E-state index in [1.54, 1.807) is 18.2 Å². The van der Waals surface area contributed by atoms with Crippen LogP contribution in [0.25, 0.3) is 17.5 Å². The van der Waals surface area contributed by atoms with Gasteiger partial charge < -0.3 is 14.3 Å². The molecule has 0 N–H and O–H groups in total. The summed E-state index contributed by atoms with van der Waals surface area (Å²) in [4.78, 5) is 20.7. The summed E-state index contributed by atoms with van der Waals surface area (Å²) in [6, 6.07) is 17.5. The van der Waals surface area contributed by atoms with Gasteiger partial charge in [0.2, 0.25) is 11.7 Å². The lowest BCUT2D eigenvalue weighted by Gasteiger charge is -2.32. The number of aromatic nitrogens is 2. The summed E-state index contributed by atoms with van der Waals surface area (Å²) in [7, 11) is 0. The normalized spacial score (nSPS) is 14.6. The Morgan fingerprint density at radius 3 is 2.43 bits per heavy atom. The van der Waals surface area contributed by atoms with E-state index in [2.05, 4.69) is 10.1 Å². The van der Waals surface area contributed by atoms with Crippen molar-refractivity contribution < 1.29 is 9.32 Å². The molecular formula is C21H19ClN4O2. The maximum absolute atomic E-state index is 12.4. The molecule has 2 heterocycles. The molecule has 1 fully saturated rings. The molecule has 1 aliphatic rings. The number of carbonyl (C=O) groups is 1. The van der Waals surface area contributed by atoms with E-state index < -0.39 is 0 Å². The Hall–Kier alpha value is -3.12. The molecule has 4 rings (SSSR count). The van der Waals surface area contributed by atoms with Gasteiger partial charge in [0.15, 0.2) is 0 Å². The van der Waals surface area contributed by atoms with Gasteiger partial charge in [-0.3, -0.25) is 4.79 Å². The zero-order valence-electron chi connectivity index (χ0n) is 15.2. The van der Waals surface area contributed by atoms with Crippen LogP contribution in [0.5, 0.6) is 0 Å². The summed E-state index contributed by atoms with van der Waals surface area (Å²) >= 11 is 5.91. The van der Waals surface area contributed by atoms with Crippen LogP contribution in [-0.4, -0.2) is 47.1 Å². The van der Waals surface area contributed by atoms with Crippen molar-refractivity contribution in [3.63, 3.8) is 0 Å². The third kappa shape index (κ3) is 4.23. The fourth-order valence-corrected chi connectivity index (χ4v) is 3.14. The number of rotatable bonds is 4. The molecule has 0 unspecified atom stereocenters. The smallest absolute Gasteiger partial charge is 0.324 e. The molecule has 3 aromatic rings. The van der Waals surface area contributed by atoms with E-state index in [1.165, 1.54) is 0 Å². The highest BCUT2D eigenvalue weighted by molar-refractivity contribution is 6.30. The lowest BCUT2D eigenvalue weighted by Crippen LogP contribution is -2.48. The standard InChI is InChI=1S/C21H19ClN4O2/c22-18-9-7-17(8-10-18)20-23-21(28-24-20)26-14-12-25(13-15-26)19(27)11-6-16-4-2-1-3-5-16/h1-11H,12-15H2/b11-6+. The summed E-state index contributed by atoms with van der Waals surface area (Å²) < 4.78 is 5.40. The Morgan fingerprint density at radius 2 is 1.71 bits per heavy atom. The van der Waals surface area contributed by atoms with E-state index in [4.69, 9.17) is 16.1 Å². The van der Waals surface area contributed by atoms with Crippen LogP contribution in [-0.2, 0) is 4.79 Å². The number of hydrogen-bond donors (Lipinski definition) is 0. The Bertz CT molecular complexity index is 962. The third-order valence-electron chi connectivity index (χ3n) is 4.60. The lowest BCUT2D eigenvalue weighted by molar-refractivity contribution is -0.126. The van der Waals surface area contributed by atoms with Crippen molar-refractivity contribution in [2.24, 2.45) is 0 Å². The van der Waals surface area contributed by atoms with Crippen LogP contribution in [0.15, 0.2) is 65.2 Å². The van der Waals surface area contributed by atoms with Gasteiger partial charge in [-0.1, -0.05) is 47.1 Å². The van der Waals surface area contributed by atoms with Crippen molar-refractivity contribution in [2.45, 2.75) is 0 Å². The van der Waals surface area contributed by atoms with Gasteiger partial charge in [0.05, 0.1) is 0 Å². The number of amides is 1. The molecule has 0 atom stereocenters. The summed E-state index contributed by atoms with van der Waals surface area (Å²) in [5, 5.41) is 4.71. The quantitative estimate of drug-likeness (QED) is 0.630. The summed E-state index contributed by atoms with van der Waals surface area (Å²) in [5.41, 5.74) is 1.86. The Labute approximate surface area is 168 Å². The van der Waals surface area contributed by atoms with Crippen molar-refractivity contribution in [3.05, 3.63) is 71.3 Å². The fourth-order valence-electron chi connectivity index (χ4n) is 3.02. The molecule has 0 radical (unpaired) electrons. The molecule has 1 amide bonds. The van der Waals surface area contributed by atoms with E-state index in [1.807, 2.05) is 58.3 Å². The molecule has 0 spiro atoms. The van der Waals surface area contributed by atoms with E-state index in [9.17, 15) is 4.79 Å². The number of hydrogen-bond acceptors (Lipinski definition) is 5. The maximum atomic E-state index is 12.4. The fraction of sp³-hybridized carbons (Fsp3) is 0.190. The van der Waals surface area contributed by atoms with Gasteiger partial charge in [-0.2, -0.15) is 4.98 Å². The molecule has 142 valence electrons. The lowest BCUT2D eigenvalue weighted by atomic mass is 10.2. The number of anilines is 1. The number of halogens is 1. The van der Waals surface area contributed by atoms with Crippen molar-refractivity contribution in [2.75, 3.05) is 31.1 Å². The molecule has 1 aromatic heterocycles. The van der Waals surface area contributed by atoms with E-state index in [0.717, 1.165) is 11.1 Å². The van der Waals surface area contributed by atoms with Gasteiger partial charge in [-0.05, 0) is 35.9 Å². The number of carbonyl (C=O) groups excluding carboxylic acids is 1. The van der Waals surface area contributed by atoms with E-state index >= 15 is 0 Å². The molecule has 1 saturated heterocycles. The highest BCUT2D eigenvalue weighted by atomic mass is 35.5. The molecule has 7 heteroatoms. The van der Waals surface area contributed by atoms with Crippen molar-refractivity contribution in [1.82, 2.24) is 15.0 Å². The van der Waals surface area contributed by atoms with Crippen LogP contribution in [0.4, 0.5) is 6.01 Å². The number of nitrogens with zero attached hydrogens (tertiary/aromatic N) is 4. The molecule has 28 heavy (non-hydrogen) atoms. The molecule has 6 nitrogen and oxygen atoms in total. The molecule has 0 aliphatic carbocycles. The van der Waals surface area contributed by atoms with Gasteiger partial charge in [0.1, 0.15) is 0 Å². The predicted octanol–water partition coefficient (Wildman–Crippen LogP) is 3.75. The first-order valence-corrected chi connectivity index (χ1v) is 9.43. The van der Waals surface area contributed by atoms with Crippen molar-refractivity contribution in [1.29, 1.82) is 0 Å². The zero-order chi connectivity index (χ0) is 19.3. The van der Waals surface area contributed by atoms with Crippen LogP contribution in [0.1, 0.15) is 5.56 Å². The molecule has 2 aromatic carbocycles. The van der Waals surface area contributed by atoms with Gasteiger partial charge in [-0.15, -0.1) is 0 Å². The van der Waals surface area contributed by atoms with Crippen LogP contribution in [0, 0.1) is 0 Å².